The number of carboxylic acids is 3. The zero-order valence-corrected chi connectivity index (χ0v) is 17.5. The molecule has 1 heterocycles. The first-order chi connectivity index (χ1) is 13.8. The molecule has 29 heavy (non-hydrogen) atoms. The minimum absolute atomic E-state index is 0.0225. The molecular formula is C19H36N4O6. The summed E-state index contributed by atoms with van der Waals surface area (Å²) in [5.74, 6) is -2.67. The van der Waals surface area contributed by atoms with E-state index in [9.17, 15) is 24.6 Å². The van der Waals surface area contributed by atoms with Gasteiger partial charge in [-0.05, 0) is 32.4 Å². The fraction of sp³-hybridized carbons (Fsp3) is 0.842. The molecule has 1 fully saturated rings. The highest BCUT2D eigenvalue weighted by atomic mass is 16.4. The molecule has 168 valence electrons. The van der Waals surface area contributed by atoms with Crippen molar-refractivity contribution in [1.82, 2.24) is 19.6 Å². The molecule has 0 bridgehead atoms. The number of carboxylic acid groups (broad SMARTS) is 3. The molecule has 0 saturated carbocycles. The Morgan fingerprint density at radius 2 is 0.897 bits per heavy atom. The minimum Gasteiger partial charge on any atom is -0.480 e. The zero-order chi connectivity index (χ0) is 21.6. The van der Waals surface area contributed by atoms with Crippen LogP contribution in [0.5, 0.6) is 0 Å². The Bertz CT molecular complexity index is 519. The summed E-state index contributed by atoms with van der Waals surface area (Å²) in [6.45, 7) is 7.78. The van der Waals surface area contributed by atoms with Gasteiger partial charge in [-0.2, -0.15) is 0 Å². The number of carbonyl (C=O) groups is 3. The van der Waals surface area contributed by atoms with Crippen molar-refractivity contribution in [2.75, 3.05) is 78.5 Å². The van der Waals surface area contributed by atoms with Gasteiger partial charge in [-0.25, -0.2) is 0 Å². The summed E-state index contributed by atoms with van der Waals surface area (Å²) >= 11 is 0. The molecule has 10 nitrogen and oxygen atoms in total. The molecule has 1 saturated heterocycles. The highest BCUT2D eigenvalue weighted by Crippen LogP contribution is 2.03. The van der Waals surface area contributed by atoms with Gasteiger partial charge in [0.1, 0.15) is 0 Å². The maximum atomic E-state index is 11.2. The van der Waals surface area contributed by atoms with E-state index in [1.165, 1.54) is 0 Å². The normalized spacial score (nSPS) is 20.2. The van der Waals surface area contributed by atoms with Crippen LogP contribution in [-0.4, -0.2) is 131 Å². The van der Waals surface area contributed by atoms with Crippen LogP contribution in [0.1, 0.15) is 26.2 Å². The van der Waals surface area contributed by atoms with Gasteiger partial charge in [0.15, 0.2) is 0 Å². The Kier molecular flexibility index (Phi) is 12.4. The third kappa shape index (κ3) is 12.4. The predicted octanol–water partition coefficient (Wildman–Crippen LogP) is -0.348. The van der Waals surface area contributed by atoms with Crippen LogP contribution in [0.3, 0.4) is 0 Å². The molecule has 0 aliphatic carbocycles. The first kappa shape index (κ1) is 25.3. The molecule has 0 spiro atoms. The van der Waals surface area contributed by atoms with Gasteiger partial charge in [0.05, 0.1) is 19.6 Å². The van der Waals surface area contributed by atoms with Crippen molar-refractivity contribution < 1.29 is 29.7 Å². The van der Waals surface area contributed by atoms with E-state index in [1.807, 2.05) is 9.80 Å². The van der Waals surface area contributed by atoms with Gasteiger partial charge in [-0.15, -0.1) is 0 Å². The maximum Gasteiger partial charge on any atom is 0.317 e. The van der Waals surface area contributed by atoms with Crippen molar-refractivity contribution in [1.29, 1.82) is 0 Å². The lowest BCUT2D eigenvalue weighted by atomic mass is 10.2. The Hall–Kier alpha value is -1.75. The highest BCUT2D eigenvalue weighted by Gasteiger charge is 2.17. The predicted molar refractivity (Wildman–Crippen MR) is 108 cm³/mol. The smallest absolute Gasteiger partial charge is 0.317 e. The molecule has 0 unspecified atom stereocenters. The van der Waals surface area contributed by atoms with E-state index in [-0.39, 0.29) is 19.6 Å². The molecule has 3 N–H and O–H groups in total. The number of hydrogen-bond donors (Lipinski definition) is 3. The Morgan fingerprint density at radius 3 is 1.21 bits per heavy atom. The summed E-state index contributed by atoms with van der Waals surface area (Å²) in [5.41, 5.74) is 0. The zero-order valence-electron chi connectivity index (χ0n) is 17.5. The average molecular weight is 417 g/mol. The third-order valence-corrected chi connectivity index (χ3v) is 4.98. The van der Waals surface area contributed by atoms with Crippen LogP contribution in [0.4, 0.5) is 0 Å². The van der Waals surface area contributed by atoms with Gasteiger partial charge in [0, 0.05) is 45.8 Å². The monoisotopic (exact) mass is 416 g/mol. The largest absolute Gasteiger partial charge is 0.480 e. The van der Waals surface area contributed by atoms with Crippen LogP contribution in [0, 0.1) is 0 Å². The first-order valence-electron chi connectivity index (χ1n) is 10.3. The quantitative estimate of drug-likeness (QED) is 0.483. The lowest BCUT2D eigenvalue weighted by molar-refractivity contribution is -0.140. The molecule has 1 aliphatic rings. The van der Waals surface area contributed by atoms with E-state index in [0.29, 0.717) is 45.7 Å². The molecule has 0 atom stereocenters. The first-order valence-corrected chi connectivity index (χ1v) is 10.3. The summed E-state index contributed by atoms with van der Waals surface area (Å²) in [6, 6.07) is 0. The number of hydrogen-bond acceptors (Lipinski definition) is 7. The number of rotatable bonds is 8. The van der Waals surface area contributed by atoms with Crippen LogP contribution in [-0.2, 0) is 14.4 Å². The van der Waals surface area contributed by atoms with Crippen molar-refractivity contribution in [2.45, 2.75) is 26.2 Å². The van der Waals surface area contributed by atoms with Gasteiger partial charge < -0.3 is 20.2 Å². The molecule has 0 aromatic carbocycles. The van der Waals surface area contributed by atoms with Gasteiger partial charge in [-0.3, -0.25) is 29.1 Å². The molecule has 0 radical (unpaired) electrons. The summed E-state index contributed by atoms with van der Waals surface area (Å²) < 4.78 is 0. The Morgan fingerprint density at radius 1 is 0.586 bits per heavy atom. The Labute approximate surface area is 172 Å². The van der Waals surface area contributed by atoms with E-state index in [0.717, 1.165) is 32.5 Å². The molecule has 0 aromatic rings. The van der Waals surface area contributed by atoms with Gasteiger partial charge in [-0.1, -0.05) is 6.92 Å². The van der Waals surface area contributed by atoms with Crippen LogP contribution >= 0.6 is 0 Å². The van der Waals surface area contributed by atoms with E-state index in [2.05, 4.69) is 11.8 Å². The average Bonchev–Trinajstić information content (AvgIpc) is 2.61. The van der Waals surface area contributed by atoms with E-state index < -0.39 is 17.9 Å². The summed E-state index contributed by atoms with van der Waals surface area (Å²) in [5, 5.41) is 27.5. The lowest BCUT2D eigenvalue weighted by Crippen LogP contribution is -2.44. The van der Waals surface area contributed by atoms with Crippen LogP contribution in [0.25, 0.3) is 0 Å². The van der Waals surface area contributed by atoms with E-state index in [1.54, 1.807) is 4.90 Å². The third-order valence-electron chi connectivity index (χ3n) is 4.98. The van der Waals surface area contributed by atoms with Gasteiger partial charge in [0.25, 0.3) is 0 Å². The van der Waals surface area contributed by atoms with Crippen molar-refractivity contribution in [3.8, 4) is 0 Å². The Balaban J connectivity index is 2.82. The summed E-state index contributed by atoms with van der Waals surface area (Å²) in [4.78, 5) is 41.4. The lowest BCUT2D eigenvalue weighted by Gasteiger charge is -2.30. The van der Waals surface area contributed by atoms with Gasteiger partial charge in [0.2, 0.25) is 0 Å². The highest BCUT2D eigenvalue weighted by molar-refractivity contribution is 5.69. The van der Waals surface area contributed by atoms with Gasteiger partial charge >= 0.3 is 17.9 Å². The van der Waals surface area contributed by atoms with Crippen LogP contribution in [0.2, 0.25) is 0 Å². The molecule has 10 heteroatoms. The number of nitrogens with zero attached hydrogens (tertiary/aromatic N) is 4. The van der Waals surface area contributed by atoms with Crippen LogP contribution in [0.15, 0.2) is 0 Å². The second kappa shape index (κ2) is 14.3. The summed E-state index contributed by atoms with van der Waals surface area (Å²) in [7, 11) is 0. The fourth-order valence-electron chi connectivity index (χ4n) is 3.64. The van der Waals surface area contributed by atoms with Crippen molar-refractivity contribution in [3.05, 3.63) is 0 Å². The topological polar surface area (TPSA) is 125 Å². The minimum atomic E-state index is -0.923. The van der Waals surface area contributed by atoms with E-state index in [4.69, 9.17) is 5.11 Å². The molecule has 0 amide bonds. The molecular weight excluding hydrogens is 380 g/mol. The molecule has 1 rings (SSSR count). The summed E-state index contributed by atoms with van der Waals surface area (Å²) in [6.07, 6.45) is 2.47. The number of aliphatic carboxylic acids is 3. The standard InChI is InChI=1S/C19H36N4O6/c1-2-5-20-6-3-7-22(15-18(26)27)12-13-23(16-19(28)29)9-4-8-21(11-10-20)14-17(24)25/h2-16H2,1H3,(H,24,25)(H,26,27)(H,28,29). The van der Waals surface area contributed by atoms with E-state index >= 15 is 0 Å². The van der Waals surface area contributed by atoms with Crippen molar-refractivity contribution >= 4 is 17.9 Å². The fourth-order valence-corrected chi connectivity index (χ4v) is 3.64. The SMILES string of the molecule is CCCN1CCCN(CC(=O)O)CCN(CC(=O)O)CCCN(CC(=O)O)CC1. The maximum absolute atomic E-state index is 11.2. The van der Waals surface area contributed by atoms with Crippen LogP contribution < -0.4 is 0 Å². The second-order valence-electron chi connectivity index (χ2n) is 7.56. The second-order valence-corrected chi connectivity index (χ2v) is 7.56. The van der Waals surface area contributed by atoms with Crippen molar-refractivity contribution in [3.63, 3.8) is 0 Å². The molecule has 0 aromatic heterocycles. The molecule has 1 aliphatic heterocycles. The van der Waals surface area contributed by atoms with Crippen molar-refractivity contribution in [2.24, 2.45) is 0 Å².